The highest BCUT2D eigenvalue weighted by molar-refractivity contribution is 5.27. The third kappa shape index (κ3) is 2.06. The second kappa shape index (κ2) is 4.24. The van der Waals surface area contributed by atoms with Gasteiger partial charge in [0, 0.05) is 0 Å². The van der Waals surface area contributed by atoms with Gasteiger partial charge in [-0.3, -0.25) is 0 Å². The summed E-state index contributed by atoms with van der Waals surface area (Å²) in [7, 11) is 0. The third-order valence-electron chi connectivity index (χ3n) is 1.99. The fourth-order valence-electron chi connectivity index (χ4n) is 1.27. The van der Waals surface area contributed by atoms with Gasteiger partial charge in [-0.05, 0) is 31.0 Å². The van der Waals surface area contributed by atoms with Crippen molar-refractivity contribution in [2.24, 2.45) is 5.73 Å². The molecule has 1 atom stereocenters. The minimum absolute atomic E-state index is 0.406. The molecule has 0 saturated heterocycles. The van der Waals surface area contributed by atoms with E-state index < -0.39 is 6.10 Å². The summed E-state index contributed by atoms with van der Waals surface area (Å²) in [6, 6.07) is 7.83. The molecule has 2 nitrogen and oxygen atoms in total. The van der Waals surface area contributed by atoms with E-state index in [4.69, 9.17) is 5.73 Å². The molecule has 0 heterocycles. The summed E-state index contributed by atoms with van der Waals surface area (Å²) in [5, 5.41) is 9.62. The quantitative estimate of drug-likeness (QED) is 0.710. The highest BCUT2D eigenvalue weighted by atomic mass is 16.3. The summed E-state index contributed by atoms with van der Waals surface area (Å²) >= 11 is 0. The van der Waals surface area contributed by atoms with Crippen LogP contribution in [0.25, 0.3) is 0 Å². The summed E-state index contributed by atoms with van der Waals surface area (Å²) in [6.45, 7) is 2.52. The number of aliphatic hydroxyl groups is 1. The molecular formula is C10H15NO. The molecule has 0 aliphatic rings. The van der Waals surface area contributed by atoms with Gasteiger partial charge in [0.25, 0.3) is 0 Å². The molecule has 0 amide bonds. The lowest BCUT2D eigenvalue weighted by Gasteiger charge is -2.11. The second-order valence-electron chi connectivity index (χ2n) is 2.95. The number of hydrogen-bond acceptors (Lipinski definition) is 2. The topological polar surface area (TPSA) is 46.2 Å². The van der Waals surface area contributed by atoms with Gasteiger partial charge in [0.05, 0.1) is 6.10 Å². The Balaban J connectivity index is 2.79. The average molecular weight is 165 g/mol. The van der Waals surface area contributed by atoms with Gasteiger partial charge in [-0.25, -0.2) is 0 Å². The van der Waals surface area contributed by atoms with Crippen molar-refractivity contribution < 1.29 is 5.11 Å². The maximum Gasteiger partial charge on any atom is 0.0804 e. The van der Waals surface area contributed by atoms with Crippen molar-refractivity contribution in [1.29, 1.82) is 0 Å². The molecule has 2 heteroatoms. The van der Waals surface area contributed by atoms with Crippen LogP contribution in [-0.2, 0) is 0 Å². The van der Waals surface area contributed by atoms with E-state index in [9.17, 15) is 5.11 Å². The van der Waals surface area contributed by atoms with E-state index in [0.29, 0.717) is 13.0 Å². The molecule has 0 radical (unpaired) electrons. The zero-order chi connectivity index (χ0) is 8.97. The molecule has 1 aromatic carbocycles. The number of nitrogens with two attached hydrogens (primary N) is 1. The first-order valence-electron chi connectivity index (χ1n) is 4.19. The summed E-state index contributed by atoms with van der Waals surface area (Å²) in [6.07, 6.45) is 0.224. The fraction of sp³-hybridized carbons (Fsp3) is 0.400. The molecule has 66 valence electrons. The largest absolute Gasteiger partial charge is 0.388 e. The Labute approximate surface area is 73.0 Å². The first-order valence-corrected chi connectivity index (χ1v) is 4.19. The van der Waals surface area contributed by atoms with Gasteiger partial charge >= 0.3 is 0 Å². The Morgan fingerprint density at radius 1 is 1.42 bits per heavy atom. The lowest BCUT2D eigenvalue weighted by molar-refractivity contribution is 0.169. The first kappa shape index (κ1) is 9.23. The molecule has 3 N–H and O–H groups in total. The monoisotopic (exact) mass is 165 g/mol. The summed E-state index contributed by atoms with van der Waals surface area (Å²) in [5.41, 5.74) is 7.47. The SMILES string of the molecule is Cc1ccccc1C(O)CCN. The second-order valence-corrected chi connectivity index (χ2v) is 2.95. The lowest BCUT2D eigenvalue weighted by atomic mass is 10.0. The normalized spacial score (nSPS) is 12.9. The van der Waals surface area contributed by atoms with Gasteiger partial charge in [-0.1, -0.05) is 24.3 Å². The van der Waals surface area contributed by atoms with E-state index in [1.165, 1.54) is 0 Å². The number of rotatable bonds is 3. The van der Waals surface area contributed by atoms with E-state index in [1.807, 2.05) is 31.2 Å². The highest BCUT2D eigenvalue weighted by Crippen LogP contribution is 2.18. The van der Waals surface area contributed by atoms with Crippen molar-refractivity contribution in [2.75, 3.05) is 6.54 Å². The molecule has 0 bridgehead atoms. The van der Waals surface area contributed by atoms with Crippen molar-refractivity contribution in [2.45, 2.75) is 19.4 Å². The van der Waals surface area contributed by atoms with E-state index in [-0.39, 0.29) is 0 Å². The van der Waals surface area contributed by atoms with Gasteiger partial charge in [-0.2, -0.15) is 0 Å². The summed E-state index contributed by atoms with van der Waals surface area (Å²) in [4.78, 5) is 0. The van der Waals surface area contributed by atoms with Crippen LogP contribution >= 0.6 is 0 Å². The first-order chi connectivity index (χ1) is 5.75. The standard InChI is InChI=1S/C10H15NO/c1-8-4-2-3-5-9(8)10(12)6-7-11/h2-5,10,12H,6-7,11H2,1H3. The van der Waals surface area contributed by atoms with Crippen LogP contribution in [0, 0.1) is 6.92 Å². The van der Waals surface area contributed by atoms with Crippen molar-refractivity contribution in [3.63, 3.8) is 0 Å². The van der Waals surface area contributed by atoms with Crippen LogP contribution in [0.4, 0.5) is 0 Å². The minimum atomic E-state index is -0.406. The van der Waals surface area contributed by atoms with Crippen LogP contribution in [0.5, 0.6) is 0 Å². The van der Waals surface area contributed by atoms with Crippen LogP contribution in [0.15, 0.2) is 24.3 Å². The third-order valence-corrected chi connectivity index (χ3v) is 1.99. The molecule has 1 unspecified atom stereocenters. The molecule has 0 saturated carbocycles. The Bertz CT molecular complexity index is 247. The van der Waals surface area contributed by atoms with Crippen LogP contribution in [0.1, 0.15) is 23.7 Å². The van der Waals surface area contributed by atoms with Crippen LogP contribution in [0.2, 0.25) is 0 Å². The zero-order valence-electron chi connectivity index (χ0n) is 7.33. The molecule has 1 aromatic rings. The maximum absolute atomic E-state index is 9.62. The van der Waals surface area contributed by atoms with E-state index in [2.05, 4.69) is 0 Å². The van der Waals surface area contributed by atoms with E-state index in [1.54, 1.807) is 0 Å². The van der Waals surface area contributed by atoms with Crippen molar-refractivity contribution >= 4 is 0 Å². The smallest absolute Gasteiger partial charge is 0.0804 e. The van der Waals surface area contributed by atoms with Gasteiger partial charge in [-0.15, -0.1) is 0 Å². The summed E-state index contributed by atoms with van der Waals surface area (Å²) < 4.78 is 0. The molecule has 0 aliphatic carbocycles. The Kier molecular flexibility index (Phi) is 3.26. The van der Waals surface area contributed by atoms with Crippen molar-refractivity contribution in [3.05, 3.63) is 35.4 Å². The van der Waals surface area contributed by atoms with Crippen LogP contribution < -0.4 is 5.73 Å². The molecule has 12 heavy (non-hydrogen) atoms. The molecule has 0 aromatic heterocycles. The molecule has 0 spiro atoms. The number of aryl methyl sites for hydroxylation is 1. The fourth-order valence-corrected chi connectivity index (χ4v) is 1.27. The molecule has 1 rings (SSSR count). The van der Waals surface area contributed by atoms with Crippen LogP contribution in [-0.4, -0.2) is 11.7 Å². The molecule has 0 fully saturated rings. The molecular weight excluding hydrogens is 150 g/mol. The highest BCUT2D eigenvalue weighted by Gasteiger charge is 2.07. The van der Waals surface area contributed by atoms with E-state index in [0.717, 1.165) is 11.1 Å². The number of hydrogen-bond donors (Lipinski definition) is 2. The van der Waals surface area contributed by atoms with Gasteiger partial charge in [0.1, 0.15) is 0 Å². The predicted octanol–water partition coefficient (Wildman–Crippen LogP) is 1.38. The Hall–Kier alpha value is -0.860. The van der Waals surface area contributed by atoms with Crippen molar-refractivity contribution in [1.82, 2.24) is 0 Å². The average Bonchev–Trinajstić information content (AvgIpc) is 2.05. The summed E-state index contributed by atoms with van der Waals surface area (Å²) in [5.74, 6) is 0. The Morgan fingerprint density at radius 2 is 2.08 bits per heavy atom. The van der Waals surface area contributed by atoms with Gasteiger partial charge in [0.2, 0.25) is 0 Å². The van der Waals surface area contributed by atoms with Crippen molar-refractivity contribution in [3.8, 4) is 0 Å². The minimum Gasteiger partial charge on any atom is -0.388 e. The number of aliphatic hydroxyl groups excluding tert-OH is 1. The molecule has 0 aliphatic heterocycles. The lowest BCUT2D eigenvalue weighted by Crippen LogP contribution is -2.07. The van der Waals surface area contributed by atoms with Gasteiger partial charge in [0.15, 0.2) is 0 Å². The number of benzene rings is 1. The maximum atomic E-state index is 9.62. The predicted molar refractivity (Wildman–Crippen MR) is 49.8 cm³/mol. The van der Waals surface area contributed by atoms with E-state index >= 15 is 0 Å². The van der Waals surface area contributed by atoms with Crippen LogP contribution in [0.3, 0.4) is 0 Å². The zero-order valence-corrected chi connectivity index (χ0v) is 7.33. The Morgan fingerprint density at radius 3 is 2.67 bits per heavy atom. The van der Waals surface area contributed by atoms with Gasteiger partial charge < -0.3 is 10.8 Å².